The van der Waals surface area contributed by atoms with Crippen LogP contribution in [0, 0.1) is 0 Å². The summed E-state index contributed by atoms with van der Waals surface area (Å²) in [6, 6.07) is 21.7. The first-order chi connectivity index (χ1) is 17.5. The molecule has 0 radical (unpaired) electrons. The summed E-state index contributed by atoms with van der Waals surface area (Å²) >= 11 is 1.78. The van der Waals surface area contributed by atoms with Gasteiger partial charge >= 0.3 is 6.03 Å². The van der Waals surface area contributed by atoms with Gasteiger partial charge in [0.2, 0.25) is 0 Å². The first kappa shape index (κ1) is 22.4. The van der Waals surface area contributed by atoms with E-state index >= 15 is 0 Å². The van der Waals surface area contributed by atoms with Gasteiger partial charge in [-0.05, 0) is 29.3 Å². The minimum Gasteiger partial charge on any atom is -0.333 e. The quantitative estimate of drug-likeness (QED) is 0.286. The van der Waals surface area contributed by atoms with Gasteiger partial charge in [0.05, 0.1) is 5.52 Å². The second-order valence-electron chi connectivity index (χ2n) is 9.05. The number of ketones is 1. The van der Waals surface area contributed by atoms with Crippen LogP contribution in [0.3, 0.4) is 0 Å². The van der Waals surface area contributed by atoms with E-state index in [-0.39, 0.29) is 17.2 Å². The number of aromatic nitrogens is 3. The fourth-order valence-corrected chi connectivity index (χ4v) is 6.12. The van der Waals surface area contributed by atoms with Crippen molar-refractivity contribution in [1.29, 1.82) is 0 Å². The van der Waals surface area contributed by atoms with Gasteiger partial charge in [0, 0.05) is 72.4 Å². The number of hydrogen-bond donors (Lipinski definition) is 0. The van der Waals surface area contributed by atoms with Gasteiger partial charge in [0.15, 0.2) is 5.78 Å². The maximum atomic E-state index is 13.9. The van der Waals surface area contributed by atoms with Crippen LogP contribution in [-0.4, -0.2) is 44.9 Å². The summed E-state index contributed by atoms with van der Waals surface area (Å²) in [4.78, 5) is 32.8. The molecule has 2 aromatic carbocycles. The Morgan fingerprint density at radius 2 is 1.81 bits per heavy atom. The molecule has 178 valence electrons. The number of benzene rings is 2. The first-order valence-corrected chi connectivity index (χ1v) is 12.8. The zero-order chi connectivity index (χ0) is 24.8. The van der Waals surface area contributed by atoms with Crippen LogP contribution in [0.25, 0.3) is 22.0 Å². The molecule has 1 atom stereocenters. The van der Waals surface area contributed by atoms with Crippen molar-refractivity contribution in [1.82, 2.24) is 19.0 Å². The van der Waals surface area contributed by atoms with Gasteiger partial charge in [-0.3, -0.25) is 14.3 Å². The van der Waals surface area contributed by atoms with Crippen molar-refractivity contribution in [2.24, 2.45) is 0 Å². The van der Waals surface area contributed by atoms with Crippen molar-refractivity contribution < 1.29 is 9.59 Å². The predicted molar refractivity (Wildman–Crippen MR) is 143 cm³/mol. The number of rotatable bonds is 4. The summed E-state index contributed by atoms with van der Waals surface area (Å²) in [5, 5.41) is 0.865. The molecule has 0 aliphatic carbocycles. The molecule has 1 unspecified atom stereocenters. The van der Waals surface area contributed by atoms with Crippen LogP contribution in [-0.2, 0) is 5.75 Å². The third kappa shape index (κ3) is 3.63. The van der Waals surface area contributed by atoms with Crippen molar-refractivity contribution in [3.05, 3.63) is 114 Å². The van der Waals surface area contributed by atoms with Crippen LogP contribution >= 0.6 is 11.8 Å². The highest BCUT2D eigenvalue weighted by atomic mass is 32.2. The number of nitrogens with zero attached hydrogens (tertiary/aromatic N) is 4. The molecule has 4 heterocycles. The molecular formula is C29H24N4O2S. The zero-order valence-electron chi connectivity index (χ0n) is 20.0. The van der Waals surface area contributed by atoms with Crippen molar-refractivity contribution in [2.45, 2.75) is 11.1 Å². The minimum absolute atomic E-state index is 0.0704. The Morgan fingerprint density at radius 3 is 2.56 bits per heavy atom. The molecule has 0 N–H and O–H groups in total. The number of thioether (sulfide) groups is 1. The third-order valence-corrected chi connectivity index (χ3v) is 7.87. The molecule has 0 saturated carbocycles. The number of amides is 1. The summed E-state index contributed by atoms with van der Waals surface area (Å²) in [6.45, 7) is 0. The minimum atomic E-state index is -0.196. The van der Waals surface area contributed by atoms with Gasteiger partial charge in [-0.1, -0.05) is 48.5 Å². The van der Waals surface area contributed by atoms with Crippen molar-refractivity contribution in [3.8, 4) is 11.1 Å². The van der Waals surface area contributed by atoms with Crippen LogP contribution in [0.5, 0.6) is 0 Å². The molecule has 0 saturated heterocycles. The molecule has 6 rings (SSSR count). The SMILES string of the molecule is CN(C)C(=O)n1cc(C(=O)c2ccn3c2CSC3c2cccnc2)c2ccc(-c3ccccc3)cc21. The first-order valence-electron chi connectivity index (χ1n) is 11.7. The largest absolute Gasteiger partial charge is 0.333 e. The summed E-state index contributed by atoms with van der Waals surface area (Å²) in [7, 11) is 3.43. The average Bonchev–Trinajstić information content (AvgIpc) is 3.62. The van der Waals surface area contributed by atoms with E-state index in [0.717, 1.165) is 39.0 Å². The molecule has 36 heavy (non-hydrogen) atoms. The Kier molecular flexibility index (Phi) is 5.49. The highest BCUT2D eigenvalue weighted by molar-refractivity contribution is 7.99. The number of carbonyl (C=O) groups excluding carboxylic acids is 2. The van der Waals surface area contributed by atoms with Gasteiger partial charge in [-0.2, -0.15) is 0 Å². The van der Waals surface area contributed by atoms with Crippen LogP contribution in [0.4, 0.5) is 4.79 Å². The van der Waals surface area contributed by atoms with E-state index in [1.807, 2.05) is 73.1 Å². The van der Waals surface area contributed by atoms with E-state index in [1.165, 1.54) is 4.90 Å². The van der Waals surface area contributed by atoms with E-state index in [4.69, 9.17) is 0 Å². The van der Waals surface area contributed by atoms with E-state index in [1.54, 1.807) is 42.8 Å². The third-order valence-electron chi connectivity index (χ3n) is 6.62. The summed E-state index contributed by atoms with van der Waals surface area (Å²) < 4.78 is 3.74. The van der Waals surface area contributed by atoms with Crippen molar-refractivity contribution in [2.75, 3.05) is 14.1 Å². The highest BCUT2D eigenvalue weighted by Crippen LogP contribution is 2.42. The molecule has 0 fully saturated rings. The molecule has 3 aromatic heterocycles. The van der Waals surface area contributed by atoms with E-state index in [9.17, 15) is 9.59 Å². The molecule has 1 amide bonds. The fourth-order valence-electron chi connectivity index (χ4n) is 4.81. The Hall–Kier alpha value is -4.10. The molecule has 5 aromatic rings. The topological polar surface area (TPSA) is 60.1 Å². The van der Waals surface area contributed by atoms with Crippen LogP contribution in [0.15, 0.2) is 91.5 Å². The standard InChI is InChI=1S/C29H24N4O2S/c1-31(2)29(35)33-17-24(22-11-10-20(15-25(22)33)19-7-4-3-5-8-19)27(34)23-12-14-32-26(23)18-36-28(32)21-9-6-13-30-16-21/h3-17,28H,18H2,1-2H3. The lowest BCUT2D eigenvalue weighted by molar-refractivity contribution is 0.103. The molecule has 1 aliphatic heterocycles. The molecule has 1 aliphatic rings. The molecular weight excluding hydrogens is 468 g/mol. The molecule has 6 nitrogen and oxygen atoms in total. The summed E-state index contributed by atoms with van der Waals surface area (Å²) in [5.41, 5.74) is 6.09. The smallest absolute Gasteiger partial charge is 0.328 e. The molecule has 7 heteroatoms. The van der Waals surface area contributed by atoms with Gasteiger partial charge in [0.1, 0.15) is 5.37 Å². The lowest BCUT2D eigenvalue weighted by atomic mass is 10.00. The Bertz CT molecular complexity index is 1600. The van der Waals surface area contributed by atoms with Crippen LogP contribution in [0.2, 0.25) is 0 Å². The Balaban J connectivity index is 1.45. The van der Waals surface area contributed by atoms with E-state index in [0.29, 0.717) is 11.1 Å². The average molecular weight is 493 g/mol. The van der Waals surface area contributed by atoms with Gasteiger partial charge in [0.25, 0.3) is 0 Å². The number of carbonyl (C=O) groups is 2. The highest BCUT2D eigenvalue weighted by Gasteiger charge is 2.30. The van der Waals surface area contributed by atoms with E-state index in [2.05, 4.69) is 15.6 Å². The maximum absolute atomic E-state index is 13.9. The lowest BCUT2D eigenvalue weighted by Crippen LogP contribution is -2.26. The monoisotopic (exact) mass is 492 g/mol. The fraction of sp³-hybridized carbons (Fsp3) is 0.138. The Morgan fingerprint density at radius 1 is 0.972 bits per heavy atom. The van der Waals surface area contributed by atoms with Crippen molar-refractivity contribution in [3.63, 3.8) is 0 Å². The molecule has 0 bridgehead atoms. The number of fused-ring (bicyclic) bond motifs is 2. The lowest BCUT2D eigenvalue weighted by Gasteiger charge is -2.12. The Labute approximate surface area is 213 Å². The van der Waals surface area contributed by atoms with E-state index < -0.39 is 0 Å². The second kappa shape index (κ2) is 8.84. The summed E-state index contributed by atoms with van der Waals surface area (Å²) in [5.74, 6) is 0.667. The van der Waals surface area contributed by atoms with Gasteiger partial charge < -0.3 is 9.47 Å². The number of pyridine rings is 1. The predicted octanol–water partition coefficient (Wildman–Crippen LogP) is 6.06. The van der Waals surface area contributed by atoms with Gasteiger partial charge in [-0.15, -0.1) is 11.8 Å². The summed E-state index contributed by atoms with van der Waals surface area (Å²) in [6.07, 6.45) is 7.31. The normalized spacial score (nSPS) is 14.7. The maximum Gasteiger partial charge on any atom is 0.328 e. The van der Waals surface area contributed by atoms with Crippen LogP contribution in [0.1, 0.15) is 32.6 Å². The number of hydrogen-bond acceptors (Lipinski definition) is 4. The van der Waals surface area contributed by atoms with Crippen LogP contribution < -0.4 is 0 Å². The second-order valence-corrected chi connectivity index (χ2v) is 10.1. The zero-order valence-corrected chi connectivity index (χ0v) is 20.8. The van der Waals surface area contributed by atoms with Gasteiger partial charge in [-0.25, -0.2) is 4.79 Å². The molecule has 0 spiro atoms. The van der Waals surface area contributed by atoms with Crippen molar-refractivity contribution >= 4 is 34.5 Å².